The molecule has 3 aromatic rings. The lowest BCUT2D eigenvalue weighted by Gasteiger charge is -2.14. The number of ketones is 1. The zero-order valence-corrected chi connectivity index (χ0v) is 13.7. The van der Waals surface area contributed by atoms with Gasteiger partial charge in [-0.2, -0.15) is 0 Å². The van der Waals surface area contributed by atoms with E-state index >= 15 is 0 Å². The molecule has 1 atom stereocenters. The van der Waals surface area contributed by atoms with Gasteiger partial charge in [0, 0.05) is 22.7 Å². The SMILES string of the molecule is COc1ccc(O[C@H](C)C(=O)c2c[nH]c3ccccc23)c([N+](=O)[O-])c1. The molecule has 1 aromatic heterocycles. The number of fused-ring (bicyclic) bond motifs is 1. The van der Waals surface area contributed by atoms with Crippen molar-refractivity contribution in [2.75, 3.05) is 7.11 Å². The molecule has 2 aromatic carbocycles. The fraction of sp³-hybridized carbons (Fsp3) is 0.167. The van der Waals surface area contributed by atoms with E-state index in [1.54, 1.807) is 19.2 Å². The Morgan fingerprint density at radius 3 is 2.72 bits per heavy atom. The van der Waals surface area contributed by atoms with Gasteiger partial charge in [0.2, 0.25) is 5.78 Å². The maximum absolute atomic E-state index is 12.7. The first-order valence-corrected chi connectivity index (χ1v) is 7.60. The number of carbonyl (C=O) groups is 1. The summed E-state index contributed by atoms with van der Waals surface area (Å²) in [4.78, 5) is 26.4. The van der Waals surface area contributed by atoms with Gasteiger partial charge in [0.1, 0.15) is 5.75 Å². The van der Waals surface area contributed by atoms with Crippen LogP contribution in [-0.4, -0.2) is 28.9 Å². The van der Waals surface area contributed by atoms with E-state index in [0.717, 1.165) is 10.9 Å². The molecule has 0 spiro atoms. The second-order valence-corrected chi connectivity index (χ2v) is 5.46. The molecule has 0 amide bonds. The standard InChI is InChI=1S/C18H16N2O5/c1-11(18(21)14-10-19-15-6-4-3-5-13(14)15)25-17-8-7-12(24-2)9-16(17)20(22)23/h3-11,19H,1-2H3/t11-/m1/s1. The summed E-state index contributed by atoms with van der Waals surface area (Å²) in [5, 5.41) is 12.0. The third-order valence-corrected chi connectivity index (χ3v) is 3.89. The highest BCUT2D eigenvalue weighted by atomic mass is 16.6. The minimum atomic E-state index is -0.883. The Morgan fingerprint density at radius 2 is 2.00 bits per heavy atom. The Hall–Kier alpha value is -3.35. The fourth-order valence-electron chi connectivity index (χ4n) is 2.60. The number of benzene rings is 2. The van der Waals surface area contributed by atoms with Crippen molar-refractivity contribution in [2.45, 2.75) is 13.0 Å². The molecule has 7 heteroatoms. The molecule has 1 heterocycles. The molecule has 0 aliphatic heterocycles. The second-order valence-electron chi connectivity index (χ2n) is 5.46. The van der Waals surface area contributed by atoms with Crippen molar-refractivity contribution >= 4 is 22.4 Å². The molecule has 0 radical (unpaired) electrons. The number of H-pyrrole nitrogens is 1. The molecule has 0 unspecified atom stereocenters. The Bertz CT molecular complexity index is 948. The van der Waals surface area contributed by atoms with Gasteiger partial charge < -0.3 is 14.5 Å². The largest absolute Gasteiger partial charge is 0.496 e. The first kappa shape index (κ1) is 16.5. The predicted molar refractivity (Wildman–Crippen MR) is 92.4 cm³/mol. The van der Waals surface area contributed by atoms with Crippen LogP contribution in [0.1, 0.15) is 17.3 Å². The predicted octanol–water partition coefficient (Wildman–Crippen LogP) is 3.73. The number of hydrogen-bond acceptors (Lipinski definition) is 5. The number of Topliss-reactive ketones (excluding diaryl/α,β-unsaturated/α-hetero) is 1. The quantitative estimate of drug-likeness (QED) is 0.419. The molecule has 0 saturated heterocycles. The molecule has 25 heavy (non-hydrogen) atoms. The number of aromatic nitrogens is 1. The van der Waals surface area contributed by atoms with Gasteiger partial charge >= 0.3 is 5.69 Å². The van der Waals surface area contributed by atoms with E-state index in [-0.39, 0.29) is 17.2 Å². The molecule has 7 nitrogen and oxygen atoms in total. The lowest BCUT2D eigenvalue weighted by Crippen LogP contribution is -2.24. The van der Waals surface area contributed by atoms with Gasteiger partial charge in [-0.15, -0.1) is 0 Å². The maximum Gasteiger partial charge on any atom is 0.314 e. The van der Waals surface area contributed by atoms with Crippen LogP contribution in [0.25, 0.3) is 10.9 Å². The van der Waals surface area contributed by atoms with E-state index in [4.69, 9.17) is 9.47 Å². The zero-order valence-electron chi connectivity index (χ0n) is 13.7. The molecule has 0 aliphatic rings. The van der Waals surface area contributed by atoms with E-state index < -0.39 is 11.0 Å². The van der Waals surface area contributed by atoms with E-state index in [9.17, 15) is 14.9 Å². The Balaban J connectivity index is 1.88. The van der Waals surface area contributed by atoms with Gasteiger partial charge in [0.05, 0.1) is 18.1 Å². The van der Waals surface area contributed by atoms with Crippen molar-refractivity contribution in [3.05, 3.63) is 64.3 Å². The first-order chi connectivity index (χ1) is 12.0. The highest BCUT2D eigenvalue weighted by molar-refractivity contribution is 6.09. The highest BCUT2D eigenvalue weighted by Crippen LogP contribution is 2.32. The summed E-state index contributed by atoms with van der Waals surface area (Å²) in [6.45, 7) is 1.57. The molecule has 0 saturated carbocycles. The molecule has 128 valence electrons. The van der Waals surface area contributed by atoms with Crippen molar-refractivity contribution in [2.24, 2.45) is 0 Å². The normalized spacial score (nSPS) is 11.9. The van der Waals surface area contributed by atoms with Crippen LogP contribution in [0.4, 0.5) is 5.69 Å². The number of methoxy groups -OCH3 is 1. The van der Waals surface area contributed by atoms with Gasteiger partial charge in [-0.1, -0.05) is 18.2 Å². The van der Waals surface area contributed by atoms with E-state index in [0.29, 0.717) is 11.3 Å². The summed E-state index contributed by atoms with van der Waals surface area (Å²) in [6.07, 6.45) is 0.737. The molecule has 3 rings (SSSR count). The minimum Gasteiger partial charge on any atom is -0.496 e. The topological polar surface area (TPSA) is 94.5 Å². The van der Waals surface area contributed by atoms with Crippen molar-refractivity contribution < 1.29 is 19.2 Å². The summed E-state index contributed by atoms with van der Waals surface area (Å²) < 4.78 is 10.6. The van der Waals surface area contributed by atoms with E-state index in [1.807, 2.05) is 24.3 Å². The number of rotatable bonds is 6. The van der Waals surface area contributed by atoms with Crippen molar-refractivity contribution in [1.82, 2.24) is 4.98 Å². The van der Waals surface area contributed by atoms with Gasteiger partial charge in [-0.05, 0) is 25.1 Å². The smallest absolute Gasteiger partial charge is 0.314 e. The number of nitro groups is 1. The number of carbonyl (C=O) groups excluding carboxylic acids is 1. The van der Waals surface area contributed by atoms with Crippen LogP contribution in [-0.2, 0) is 0 Å². The first-order valence-electron chi connectivity index (χ1n) is 7.60. The third kappa shape index (κ3) is 3.16. The fourth-order valence-corrected chi connectivity index (χ4v) is 2.60. The molecular weight excluding hydrogens is 324 g/mol. The third-order valence-electron chi connectivity index (χ3n) is 3.89. The van der Waals surface area contributed by atoms with Crippen molar-refractivity contribution in [1.29, 1.82) is 0 Å². The molecule has 1 N–H and O–H groups in total. The minimum absolute atomic E-state index is 0.0199. The number of nitrogens with one attached hydrogen (secondary N) is 1. The van der Waals surface area contributed by atoms with Gasteiger partial charge in [0.15, 0.2) is 11.9 Å². The molecule has 0 fully saturated rings. The summed E-state index contributed by atoms with van der Waals surface area (Å²) in [5.41, 5.74) is 1.07. The number of aromatic amines is 1. The number of nitrogens with zero attached hydrogens (tertiary/aromatic N) is 1. The number of ether oxygens (including phenoxy) is 2. The summed E-state index contributed by atoms with van der Waals surface area (Å²) in [7, 11) is 1.42. The van der Waals surface area contributed by atoms with Gasteiger partial charge in [-0.25, -0.2) is 0 Å². The van der Waals surface area contributed by atoms with Crippen LogP contribution < -0.4 is 9.47 Å². The highest BCUT2D eigenvalue weighted by Gasteiger charge is 2.24. The van der Waals surface area contributed by atoms with Crippen LogP contribution in [0.5, 0.6) is 11.5 Å². The number of para-hydroxylation sites is 1. The average molecular weight is 340 g/mol. The Kier molecular flexibility index (Phi) is 4.38. The lowest BCUT2D eigenvalue weighted by molar-refractivity contribution is -0.386. The van der Waals surface area contributed by atoms with Gasteiger partial charge in [-0.3, -0.25) is 14.9 Å². The van der Waals surface area contributed by atoms with Crippen LogP contribution in [0.15, 0.2) is 48.7 Å². The van der Waals surface area contributed by atoms with Gasteiger partial charge in [0.25, 0.3) is 0 Å². The molecule has 0 aliphatic carbocycles. The van der Waals surface area contributed by atoms with E-state index in [2.05, 4.69) is 4.98 Å². The van der Waals surface area contributed by atoms with E-state index in [1.165, 1.54) is 19.2 Å². The summed E-state index contributed by atoms with van der Waals surface area (Å²) in [6, 6.07) is 11.6. The maximum atomic E-state index is 12.7. The average Bonchev–Trinajstić information content (AvgIpc) is 3.05. The summed E-state index contributed by atoms with van der Waals surface area (Å²) in [5.74, 6) is 0.101. The number of hydrogen-bond donors (Lipinski definition) is 1. The Labute approximate surface area is 143 Å². The zero-order chi connectivity index (χ0) is 18.0. The lowest BCUT2D eigenvalue weighted by atomic mass is 10.1. The molecule has 0 bridgehead atoms. The molecular formula is C18H16N2O5. The van der Waals surface area contributed by atoms with Crippen LogP contribution in [0, 0.1) is 10.1 Å². The summed E-state index contributed by atoms with van der Waals surface area (Å²) >= 11 is 0. The van der Waals surface area contributed by atoms with Crippen LogP contribution >= 0.6 is 0 Å². The Morgan fingerprint density at radius 1 is 1.24 bits per heavy atom. The van der Waals surface area contributed by atoms with Crippen LogP contribution in [0.2, 0.25) is 0 Å². The number of nitro benzene ring substituents is 1. The van der Waals surface area contributed by atoms with Crippen molar-refractivity contribution in [3.8, 4) is 11.5 Å². The second kappa shape index (κ2) is 6.64. The van der Waals surface area contributed by atoms with Crippen molar-refractivity contribution in [3.63, 3.8) is 0 Å². The van der Waals surface area contributed by atoms with Crippen LogP contribution in [0.3, 0.4) is 0 Å². The monoisotopic (exact) mass is 340 g/mol.